The van der Waals surface area contributed by atoms with Gasteiger partial charge in [-0.15, -0.1) is 0 Å². The number of aryl methyl sites for hydroxylation is 1. The first kappa shape index (κ1) is 20.4. The fraction of sp³-hybridized carbons (Fsp3) is 0.280. The van der Waals surface area contributed by atoms with Crippen LogP contribution in [0.15, 0.2) is 66.7 Å². The van der Waals surface area contributed by atoms with E-state index in [-0.39, 0.29) is 13.2 Å². The van der Waals surface area contributed by atoms with Crippen LogP contribution in [0.2, 0.25) is 0 Å². The normalized spacial score (nSPS) is 12.6. The van der Waals surface area contributed by atoms with Crippen LogP contribution >= 0.6 is 0 Å². The van der Waals surface area contributed by atoms with Crippen molar-refractivity contribution in [3.05, 3.63) is 89.0 Å². The first-order chi connectivity index (χ1) is 14.6. The van der Waals surface area contributed by atoms with Gasteiger partial charge in [0, 0.05) is 12.0 Å². The zero-order valence-electron chi connectivity index (χ0n) is 16.9. The molecule has 156 valence electrons. The first-order valence-electron chi connectivity index (χ1n) is 10.2. The molecule has 5 heteroatoms. The summed E-state index contributed by atoms with van der Waals surface area (Å²) in [5.41, 5.74) is 9.47. The van der Waals surface area contributed by atoms with Crippen molar-refractivity contribution in [1.82, 2.24) is 0 Å². The van der Waals surface area contributed by atoms with E-state index in [1.807, 2.05) is 60.7 Å². The fourth-order valence-electron chi connectivity index (χ4n) is 3.58. The zero-order valence-corrected chi connectivity index (χ0v) is 16.9. The molecule has 4 rings (SSSR count). The molecule has 30 heavy (non-hydrogen) atoms. The highest BCUT2D eigenvalue weighted by Gasteiger charge is 2.23. The molecule has 0 saturated carbocycles. The van der Waals surface area contributed by atoms with E-state index >= 15 is 0 Å². The predicted molar refractivity (Wildman–Crippen MR) is 116 cm³/mol. The maximum Gasteiger partial charge on any atom is 0.131 e. The van der Waals surface area contributed by atoms with Crippen molar-refractivity contribution >= 4 is 0 Å². The van der Waals surface area contributed by atoms with Gasteiger partial charge < -0.3 is 25.4 Å². The van der Waals surface area contributed by atoms with Gasteiger partial charge in [0.25, 0.3) is 0 Å². The summed E-state index contributed by atoms with van der Waals surface area (Å²) in [5, 5.41) is 18.8. The number of hydrogen-bond acceptors (Lipinski definition) is 5. The molecule has 4 N–H and O–H groups in total. The highest BCUT2D eigenvalue weighted by Crippen LogP contribution is 2.38. The molecule has 3 aromatic rings. The average Bonchev–Trinajstić information content (AvgIpc) is 2.80. The Hall–Kier alpha value is -2.86. The molecule has 0 atom stereocenters. The second-order valence-corrected chi connectivity index (χ2v) is 7.94. The van der Waals surface area contributed by atoms with Crippen LogP contribution in [0.1, 0.15) is 28.7 Å². The minimum absolute atomic E-state index is 0.239. The van der Waals surface area contributed by atoms with E-state index in [0.717, 1.165) is 45.9 Å². The number of benzene rings is 3. The van der Waals surface area contributed by atoms with Gasteiger partial charge in [0.15, 0.2) is 0 Å². The Balaban J connectivity index is 1.45. The molecular weight excluding hydrogens is 378 g/mol. The summed E-state index contributed by atoms with van der Waals surface area (Å²) in [6, 6.07) is 22.1. The Labute approximate surface area is 176 Å². The Morgan fingerprint density at radius 3 is 2.30 bits per heavy atom. The third kappa shape index (κ3) is 4.65. The van der Waals surface area contributed by atoms with Gasteiger partial charge in [-0.25, -0.2) is 0 Å². The van der Waals surface area contributed by atoms with Crippen LogP contribution in [-0.4, -0.2) is 29.0 Å². The minimum Gasteiger partial charge on any atom is -0.489 e. The average molecular weight is 405 g/mol. The van der Waals surface area contributed by atoms with Crippen molar-refractivity contribution in [2.24, 2.45) is 5.73 Å². The Morgan fingerprint density at radius 2 is 1.57 bits per heavy atom. The lowest BCUT2D eigenvalue weighted by atomic mass is 9.92. The number of ether oxygens (including phenoxy) is 2. The van der Waals surface area contributed by atoms with Gasteiger partial charge in [-0.1, -0.05) is 42.5 Å². The van der Waals surface area contributed by atoms with Crippen molar-refractivity contribution in [3.63, 3.8) is 0 Å². The molecule has 0 aliphatic carbocycles. The highest BCUT2D eigenvalue weighted by atomic mass is 16.5. The predicted octanol–water partition coefficient (Wildman–Crippen LogP) is 3.58. The van der Waals surface area contributed by atoms with E-state index in [9.17, 15) is 10.2 Å². The second kappa shape index (κ2) is 8.88. The molecule has 0 unspecified atom stereocenters. The maximum atomic E-state index is 9.39. The van der Waals surface area contributed by atoms with E-state index in [4.69, 9.17) is 15.2 Å². The Bertz CT molecular complexity index is 999. The lowest BCUT2D eigenvalue weighted by Crippen LogP contribution is -2.47. The maximum absolute atomic E-state index is 9.39. The van der Waals surface area contributed by atoms with Crippen LogP contribution in [0.5, 0.6) is 17.2 Å². The van der Waals surface area contributed by atoms with Crippen LogP contribution in [-0.2, 0) is 19.4 Å². The van der Waals surface area contributed by atoms with Crippen LogP contribution in [0.3, 0.4) is 0 Å². The number of nitrogens with two attached hydrogens (primary N) is 1. The van der Waals surface area contributed by atoms with Gasteiger partial charge in [-0.2, -0.15) is 0 Å². The SMILES string of the molecule is NC(CO)(CO)CCc1ccc2c(c1)Cc1cc(OCc3ccccc3)ccc1O2. The summed E-state index contributed by atoms with van der Waals surface area (Å²) < 4.78 is 12.0. The fourth-order valence-corrected chi connectivity index (χ4v) is 3.58. The molecule has 0 spiro atoms. The third-order valence-corrected chi connectivity index (χ3v) is 5.55. The zero-order chi connectivity index (χ0) is 21.0. The number of fused-ring (bicyclic) bond motifs is 2. The molecule has 0 radical (unpaired) electrons. The molecular formula is C25H27NO4. The quantitative estimate of drug-likeness (QED) is 0.417. The van der Waals surface area contributed by atoms with E-state index in [1.54, 1.807) is 0 Å². The van der Waals surface area contributed by atoms with E-state index in [0.29, 0.717) is 19.4 Å². The summed E-state index contributed by atoms with van der Waals surface area (Å²) in [6.07, 6.45) is 1.94. The molecule has 0 bridgehead atoms. The summed E-state index contributed by atoms with van der Waals surface area (Å²) in [5.74, 6) is 2.52. The third-order valence-electron chi connectivity index (χ3n) is 5.55. The smallest absolute Gasteiger partial charge is 0.131 e. The topological polar surface area (TPSA) is 84.9 Å². The monoisotopic (exact) mass is 405 g/mol. The van der Waals surface area contributed by atoms with Crippen LogP contribution in [0, 0.1) is 0 Å². The first-order valence-corrected chi connectivity index (χ1v) is 10.2. The Morgan fingerprint density at radius 1 is 0.867 bits per heavy atom. The molecule has 3 aromatic carbocycles. The molecule has 5 nitrogen and oxygen atoms in total. The summed E-state index contributed by atoms with van der Waals surface area (Å²) in [4.78, 5) is 0. The van der Waals surface area contributed by atoms with Crippen molar-refractivity contribution in [1.29, 1.82) is 0 Å². The van der Waals surface area contributed by atoms with Crippen LogP contribution in [0.25, 0.3) is 0 Å². The molecule has 0 amide bonds. The van der Waals surface area contributed by atoms with Gasteiger partial charge in [-0.3, -0.25) is 0 Å². The van der Waals surface area contributed by atoms with Crippen LogP contribution in [0.4, 0.5) is 0 Å². The van der Waals surface area contributed by atoms with Gasteiger partial charge >= 0.3 is 0 Å². The van der Waals surface area contributed by atoms with Crippen molar-refractivity contribution in [2.75, 3.05) is 13.2 Å². The molecule has 0 saturated heterocycles. The molecule has 1 heterocycles. The van der Waals surface area contributed by atoms with Gasteiger partial charge in [0.1, 0.15) is 23.9 Å². The molecule has 0 aromatic heterocycles. The number of aliphatic hydroxyl groups is 2. The summed E-state index contributed by atoms with van der Waals surface area (Å²) >= 11 is 0. The molecule has 1 aliphatic heterocycles. The van der Waals surface area contributed by atoms with Crippen molar-refractivity contribution in [3.8, 4) is 17.2 Å². The standard InChI is InChI=1S/C25H27NO4/c26-25(16-27,17-28)11-10-18-6-8-23-20(12-18)13-21-14-22(7-9-24(21)30-23)29-15-19-4-2-1-3-5-19/h1-9,12,14,27-28H,10-11,13,15-17,26H2. The molecule has 0 fully saturated rings. The minimum atomic E-state index is -0.954. The van der Waals surface area contributed by atoms with Crippen molar-refractivity contribution < 1.29 is 19.7 Å². The number of aliphatic hydroxyl groups excluding tert-OH is 2. The Kier molecular flexibility index (Phi) is 6.04. The van der Waals surface area contributed by atoms with Crippen molar-refractivity contribution in [2.45, 2.75) is 31.4 Å². The van der Waals surface area contributed by atoms with Gasteiger partial charge in [0.05, 0.1) is 18.8 Å². The lowest BCUT2D eigenvalue weighted by molar-refractivity contribution is 0.115. The molecule has 1 aliphatic rings. The lowest BCUT2D eigenvalue weighted by Gasteiger charge is -2.25. The highest BCUT2D eigenvalue weighted by molar-refractivity contribution is 5.52. The van der Waals surface area contributed by atoms with E-state index in [2.05, 4.69) is 6.07 Å². The second-order valence-electron chi connectivity index (χ2n) is 7.94. The van der Waals surface area contributed by atoms with E-state index in [1.165, 1.54) is 0 Å². The number of rotatable bonds is 8. The summed E-state index contributed by atoms with van der Waals surface area (Å²) in [6.45, 7) is 0.0468. The van der Waals surface area contributed by atoms with Crippen LogP contribution < -0.4 is 15.2 Å². The van der Waals surface area contributed by atoms with Gasteiger partial charge in [-0.05, 0) is 53.8 Å². The largest absolute Gasteiger partial charge is 0.489 e. The summed E-state index contributed by atoms with van der Waals surface area (Å²) in [7, 11) is 0. The number of hydrogen-bond donors (Lipinski definition) is 3. The van der Waals surface area contributed by atoms with Gasteiger partial charge in [0.2, 0.25) is 0 Å². The van der Waals surface area contributed by atoms with E-state index < -0.39 is 5.54 Å².